The molecular weight excluding hydrogens is 483 g/mol. The third-order valence-corrected chi connectivity index (χ3v) is 7.10. The molecule has 2 heterocycles. The van der Waals surface area contributed by atoms with Gasteiger partial charge in [0.15, 0.2) is 0 Å². The van der Waals surface area contributed by atoms with E-state index in [0.29, 0.717) is 35.1 Å². The molecule has 0 radical (unpaired) electrons. The summed E-state index contributed by atoms with van der Waals surface area (Å²) in [5, 5.41) is 3.21. The second-order valence-electron chi connectivity index (χ2n) is 8.30. The van der Waals surface area contributed by atoms with Crippen molar-refractivity contribution in [3.63, 3.8) is 0 Å². The quantitative estimate of drug-likeness (QED) is 0.576. The Morgan fingerprint density at radius 3 is 2.41 bits per heavy atom. The van der Waals surface area contributed by atoms with Crippen molar-refractivity contribution < 1.29 is 23.5 Å². The van der Waals surface area contributed by atoms with E-state index in [1.165, 1.54) is 18.1 Å². The lowest BCUT2D eigenvalue weighted by atomic mass is 10.1. The normalized spacial score (nSPS) is 14.6. The molecule has 1 aliphatic heterocycles. The topological polar surface area (TPSA) is 82.2 Å². The summed E-state index contributed by atoms with van der Waals surface area (Å²) in [6.07, 6.45) is 0. The van der Waals surface area contributed by atoms with Crippen LogP contribution in [0.4, 0.5) is 9.39 Å². The number of hydrogen-bond donors (Lipinski definition) is 1. The van der Waals surface area contributed by atoms with Crippen LogP contribution < -0.4 is 5.32 Å². The number of methoxy groups -OCH3 is 1. The fraction of sp³-hybridized carbons (Fsp3) is 0.435. The zero-order valence-corrected chi connectivity index (χ0v) is 21.2. The Morgan fingerprint density at radius 2 is 1.82 bits per heavy atom. The van der Waals surface area contributed by atoms with Crippen molar-refractivity contribution in [1.29, 1.82) is 0 Å². The van der Waals surface area contributed by atoms with E-state index in [1.807, 2.05) is 4.90 Å². The smallest absolute Gasteiger partial charge is 0.341 e. The van der Waals surface area contributed by atoms with E-state index in [4.69, 9.17) is 16.3 Å². The molecule has 0 unspecified atom stereocenters. The number of benzene rings is 1. The fourth-order valence-electron chi connectivity index (χ4n) is 3.73. The van der Waals surface area contributed by atoms with E-state index in [2.05, 4.69) is 10.2 Å². The second-order valence-corrected chi connectivity index (χ2v) is 9.73. The number of carbonyl (C=O) groups excluding carboxylic acids is 3. The Hall–Kier alpha value is -2.53. The standard InChI is InChI=1S/C23H28ClFN4O4S/c1-14-19(23(32)33-4)21(34-20(14)22(31)27(2)3)26-18(30)13-29-9-7-28(8-10-29)12-15-5-6-17(25)16(24)11-15/h5-6,11H,7-10,12-13H2,1-4H3,(H,26,30). The van der Waals surface area contributed by atoms with Crippen molar-refractivity contribution in [2.45, 2.75) is 13.5 Å². The van der Waals surface area contributed by atoms with Crippen LogP contribution in [0.2, 0.25) is 5.02 Å². The number of thiophene rings is 1. The largest absolute Gasteiger partial charge is 0.465 e. The molecular formula is C23H28ClFN4O4S. The SMILES string of the molecule is COC(=O)c1c(NC(=O)CN2CCN(Cc3ccc(F)c(Cl)c3)CC2)sc(C(=O)N(C)C)c1C. The van der Waals surface area contributed by atoms with Gasteiger partial charge in [-0.2, -0.15) is 0 Å². The van der Waals surface area contributed by atoms with Crippen LogP contribution in [0.15, 0.2) is 18.2 Å². The number of rotatable bonds is 7. The molecule has 1 aromatic carbocycles. The van der Waals surface area contributed by atoms with Crippen LogP contribution in [0.25, 0.3) is 0 Å². The van der Waals surface area contributed by atoms with Gasteiger partial charge in [-0.05, 0) is 30.2 Å². The van der Waals surface area contributed by atoms with Gasteiger partial charge in [0, 0.05) is 46.8 Å². The Kier molecular flexibility index (Phi) is 8.64. The summed E-state index contributed by atoms with van der Waals surface area (Å²) < 4.78 is 18.2. The van der Waals surface area contributed by atoms with Gasteiger partial charge in [-0.3, -0.25) is 19.4 Å². The fourth-order valence-corrected chi connectivity index (χ4v) is 5.16. The second kappa shape index (κ2) is 11.3. The minimum Gasteiger partial charge on any atom is -0.465 e. The van der Waals surface area contributed by atoms with Gasteiger partial charge in [0.25, 0.3) is 5.91 Å². The van der Waals surface area contributed by atoms with Crippen LogP contribution in [-0.2, 0) is 16.1 Å². The highest BCUT2D eigenvalue weighted by atomic mass is 35.5. The first-order valence-corrected chi connectivity index (χ1v) is 11.9. The van der Waals surface area contributed by atoms with Gasteiger partial charge in [0.05, 0.1) is 29.1 Å². The number of nitrogens with zero attached hydrogens (tertiary/aromatic N) is 3. The number of piperazine rings is 1. The average molecular weight is 511 g/mol. The first kappa shape index (κ1) is 26.1. The Labute approximate surface area is 207 Å². The highest BCUT2D eigenvalue weighted by molar-refractivity contribution is 7.18. The third-order valence-electron chi connectivity index (χ3n) is 5.61. The highest BCUT2D eigenvalue weighted by Gasteiger charge is 2.28. The summed E-state index contributed by atoms with van der Waals surface area (Å²) in [5.41, 5.74) is 1.62. The third kappa shape index (κ3) is 6.12. The van der Waals surface area contributed by atoms with Crippen LogP contribution in [0.3, 0.4) is 0 Å². The van der Waals surface area contributed by atoms with Gasteiger partial charge < -0.3 is 15.0 Å². The molecule has 184 valence electrons. The van der Waals surface area contributed by atoms with Crippen molar-refractivity contribution in [3.8, 4) is 0 Å². The number of nitrogens with one attached hydrogen (secondary N) is 1. The van der Waals surface area contributed by atoms with Gasteiger partial charge in [-0.25, -0.2) is 9.18 Å². The monoisotopic (exact) mass is 510 g/mol. The van der Waals surface area contributed by atoms with Crippen molar-refractivity contribution in [1.82, 2.24) is 14.7 Å². The highest BCUT2D eigenvalue weighted by Crippen LogP contribution is 2.34. The maximum Gasteiger partial charge on any atom is 0.341 e. The minimum atomic E-state index is -0.601. The first-order valence-electron chi connectivity index (χ1n) is 10.7. The lowest BCUT2D eigenvalue weighted by molar-refractivity contribution is -0.117. The first-order chi connectivity index (χ1) is 16.1. The van der Waals surface area contributed by atoms with E-state index in [0.717, 1.165) is 30.0 Å². The zero-order valence-electron chi connectivity index (χ0n) is 19.6. The Bertz CT molecular complexity index is 1080. The van der Waals surface area contributed by atoms with Gasteiger partial charge in [0.2, 0.25) is 5.91 Å². The molecule has 34 heavy (non-hydrogen) atoms. The van der Waals surface area contributed by atoms with E-state index in [9.17, 15) is 18.8 Å². The summed E-state index contributed by atoms with van der Waals surface area (Å²) in [5.74, 6) is -1.55. The summed E-state index contributed by atoms with van der Waals surface area (Å²) in [7, 11) is 4.52. The maximum absolute atomic E-state index is 13.4. The molecule has 1 aromatic heterocycles. The molecule has 2 aromatic rings. The number of hydrogen-bond acceptors (Lipinski definition) is 7. The average Bonchev–Trinajstić information content (AvgIpc) is 3.11. The molecule has 3 rings (SSSR count). The number of carbonyl (C=O) groups is 3. The molecule has 11 heteroatoms. The molecule has 0 spiro atoms. The van der Waals surface area contributed by atoms with E-state index in [-0.39, 0.29) is 28.9 Å². The number of halogens is 2. The van der Waals surface area contributed by atoms with Crippen molar-refractivity contribution >= 4 is 45.7 Å². The van der Waals surface area contributed by atoms with E-state index in [1.54, 1.807) is 33.2 Å². The van der Waals surface area contributed by atoms with Crippen LogP contribution in [0.5, 0.6) is 0 Å². The Balaban J connectivity index is 1.59. The molecule has 0 atom stereocenters. The predicted molar refractivity (Wildman–Crippen MR) is 130 cm³/mol. The van der Waals surface area contributed by atoms with Gasteiger partial charge >= 0.3 is 5.97 Å². The van der Waals surface area contributed by atoms with Gasteiger partial charge in [-0.1, -0.05) is 17.7 Å². The molecule has 0 aliphatic carbocycles. The molecule has 0 saturated carbocycles. The summed E-state index contributed by atoms with van der Waals surface area (Å²) >= 11 is 6.94. The van der Waals surface area contributed by atoms with Gasteiger partial charge in [0.1, 0.15) is 10.8 Å². The number of ether oxygens (including phenoxy) is 1. The molecule has 8 nitrogen and oxygen atoms in total. The molecule has 1 saturated heterocycles. The van der Waals surface area contributed by atoms with Crippen LogP contribution in [-0.4, -0.2) is 86.4 Å². The summed E-state index contributed by atoms with van der Waals surface area (Å²) in [6, 6.07) is 4.72. The lowest BCUT2D eigenvalue weighted by Crippen LogP contribution is -2.48. The molecule has 0 bridgehead atoms. The summed E-state index contributed by atoms with van der Waals surface area (Å²) in [4.78, 5) is 43.6. The molecule has 1 aliphatic rings. The number of amides is 2. The van der Waals surface area contributed by atoms with Gasteiger partial charge in [-0.15, -0.1) is 11.3 Å². The van der Waals surface area contributed by atoms with Crippen LogP contribution in [0, 0.1) is 12.7 Å². The zero-order chi connectivity index (χ0) is 25.0. The predicted octanol–water partition coefficient (Wildman–Crippen LogP) is 3.09. The van der Waals surface area contributed by atoms with E-state index >= 15 is 0 Å². The van der Waals surface area contributed by atoms with E-state index < -0.39 is 11.8 Å². The Morgan fingerprint density at radius 1 is 1.18 bits per heavy atom. The number of esters is 1. The minimum absolute atomic E-state index is 0.110. The maximum atomic E-state index is 13.4. The van der Waals surface area contributed by atoms with Crippen molar-refractivity contribution in [2.75, 3.05) is 59.2 Å². The summed E-state index contributed by atoms with van der Waals surface area (Å²) in [6.45, 7) is 5.33. The lowest BCUT2D eigenvalue weighted by Gasteiger charge is -2.34. The molecule has 1 N–H and O–H groups in total. The van der Waals surface area contributed by atoms with Crippen molar-refractivity contribution in [2.24, 2.45) is 0 Å². The van der Waals surface area contributed by atoms with Crippen molar-refractivity contribution in [3.05, 3.63) is 50.6 Å². The molecule has 2 amide bonds. The van der Waals surface area contributed by atoms with Crippen LogP contribution in [0.1, 0.15) is 31.2 Å². The number of anilines is 1. The van der Waals surface area contributed by atoms with Crippen LogP contribution >= 0.6 is 22.9 Å². The molecule has 1 fully saturated rings.